The van der Waals surface area contributed by atoms with E-state index in [0.717, 1.165) is 29.5 Å². The average molecular weight is 538 g/mol. The third-order valence-electron chi connectivity index (χ3n) is 7.09. The summed E-state index contributed by atoms with van der Waals surface area (Å²) in [6.07, 6.45) is 3.42. The molecule has 0 aromatic heterocycles. The van der Waals surface area contributed by atoms with E-state index >= 15 is 0 Å². The first-order valence-corrected chi connectivity index (χ1v) is 13.6. The fraction of sp³-hybridized carbons (Fsp3) is 0.484. The Balaban J connectivity index is 2.21. The van der Waals surface area contributed by atoms with Crippen LogP contribution >= 0.6 is 0 Å². The highest BCUT2D eigenvalue weighted by atomic mass is 16.4. The zero-order valence-corrected chi connectivity index (χ0v) is 23.8. The number of carboxylic acid groups (broad SMARTS) is 1. The quantitative estimate of drug-likeness (QED) is 0.280. The van der Waals surface area contributed by atoms with E-state index in [1.54, 1.807) is 12.1 Å². The molecule has 2 rings (SSSR count). The molecule has 5 N–H and O–H groups in total. The highest BCUT2D eigenvalue weighted by molar-refractivity contribution is 5.93. The number of unbranched alkanes of at least 4 members (excludes halogenated alkanes) is 1. The minimum absolute atomic E-state index is 0.218. The lowest BCUT2D eigenvalue weighted by molar-refractivity contribution is -0.143. The van der Waals surface area contributed by atoms with E-state index in [-0.39, 0.29) is 18.2 Å². The fourth-order valence-corrected chi connectivity index (χ4v) is 4.60. The normalized spacial score (nSPS) is 13.7. The van der Waals surface area contributed by atoms with E-state index in [1.165, 1.54) is 7.05 Å². The van der Waals surface area contributed by atoms with E-state index in [1.807, 2.05) is 64.1 Å². The number of carbonyl (C=O) groups excluding carboxylic acids is 3. The second-order valence-electron chi connectivity index (χ2n) is 11.2. The van der Waals surface area contributed by atoms with Crippen LogP contribution in [0.25, 0.3) is 11.1 Å². The largest absolute Gasteiger partial charge is 0.481 e. The lowest BCUT2D eigenvalue weighted by Crippen LogP contribution is -2.54. The lowest BCUT2D eigenvalue weighted by Gasteiger charge is -2.31. The number of benzene rings is 2. The third-order valence-corrected chi connectivity index (χ3v) is 7.09. The topological polar surface area (TPSA) is 139 Å². The molecule has 0 aliphatic heterocycles. The first kappa shape index (κ1) is 31.5. The summed E-state index contributed by atoms with van der Waals surface area (Å²) < 4.78 is 0. The maximum Gasteiger partial charge on any atom is 0.306 e. The van der Waals surface area contributed by atoms with Crippen LogP contribution in [-0.2, 0) is 20.8 Å². The van der Waals surface area contributed by atoms with Crippen LogP contribution in [0.3, 0.4) is 0 Å². The van der Waals surface area contributed by atoms with Crippen LogP contribution in [0.1, 0.15) is 75.7 Å². The molecule has 3 amide bonds. The summed E-state index contributed by atoms with van der Waals surface area (Å²) >= 11 is 0. The molecule has 3 atom stereocenters. The number of nitrogens with one attached hydrogen (secondary N) is 2. The van der Waals surface area contributed by atoms with Crippen LogP contribution < -0.4 is 16.4 Å². The van der Waals surface area contributed by atoms with Crippen molar-refractivity contribution in [3.63, 3.8) is 0 Å². The third kappa shape index (κ3) is 9.53. The molecule has 0 radical (unpaired) electrons. The van der Waals surface area contributed by atoms with Gasteiger partial charge in [0, 0.05) is 18.5 Å². The highest BCUT2D eigenvalue weighted by Crippen LogP contribution is 2.27. The first-order chi connectivity index (χ1) is 18.4. The monoisotopic (exact) mass is 537 g/mol. The number of nitrogens with two attached hydrogens (primary N) is 1. The van der Waals surface area contributed by atoms with E-state index in [9.17, 15) is 24.3 Å². The van der Waals surface area contributed by atoms with Crippen LogP contribution in [0.15, 0.2) is 48.5 Å². The van der Waals surface area contributed by atoms with Crippen molar-refractivity contribution in [2.75, 3.05) is 7.05 Å². The average Bonchev–Trinajstić information content (AvgIpc) is 2.90. The molecule has 0 saturated heterocycles. The minimum atomic E-state index is -0.897. The number of hydrogen-bond donors (Lipinski definition) is 4. The summed E-state index contributed by atoms with van der Waals surface area (Å²) in [6.45, 7) is 7.65. The molecule has 8 nitrogen and oxygen atoms in total. The van der Waals surface area contributed by atoms with Gasteiger partial charge < -0.3 is 21.5 Å². The van der Waals surface area contributed by atoms with E-state index in [2.05, 4.69) is 10.6 Å². The van der Waals surface area contributed by atoms with Crippen LogP contribution in [0, 0.1) is 17.3 Å². The SMILES string of the molecule is CCCC[C@@H](C[C@@H](CCc1ccc(-c2ccc(C(N)=O)cc2)cc1)C(=O)N[C@H](C(=O)NC)C(C)(C)C)C(=O)O. The maximum atomic E-state index is 13.5. The van der Waals surface area contributed by atoms with Crippen molar-refractivity contribution in [1.82, 2.24) is 10.6 Å². The number of aliphatic carboxylic acids is 1. The summed E-state index contributed by atoms with van der Waals surface area (Å²) in [4.78, 5) is 49.3. The van der Waals surface area contributed by atoms with Gasteiger partial charge in [0.1, 0.15) is 6.04 Å². The Morgan fingerprint density at radius 3 is 1.90 bits per heavy atom. The molecule has 0 bridgehead atoms. The number of aryl methyl sites for hydroxylation is 1. The Morgan fingerprint density at radius 2 is 1.44 bits per heavy atom. The van der Waals surface area contributed by atoms with Crippen molar-refractivity contribution in [2.24, 2.45) is 23.0 Å². The van der Waals surface area contributed by atoms with Gasteiger partial charge in [-0.05, 0) is 59.9 Å². The second kappa shape index (κ2) is 14.5. The van der Waals surface area contributed by atoms with Crippen LogP contribution in [0.5, 0.6) is 0 Å². The number of carbonyl (C=O) groups is 4. The molecule has 0 aliphatic rings. The van der Waals surface area contributed by atoms with Gasteiger partial charge in [0.2, 0.25) is 17.7 Å². The van der Waals surface area contributed by atoms with Crippen molar-refractivity contribution >= 4 is 23.7 Å². The van der Waals surface area contributed by atoms with Gasteiger partial charge >= 0.3 is 5.97 Å². The maximum absolute atomic E-state index is 13.5. The summed E-state index contributed by atoms with van der Waals surface area (Å²) in [5.41, 5.74) is 8.20. The van der Waals surface area contributed by atoms with Gasteiger partial charge in [-0.3, -0.25) is 19.2 Å². The predicted molar refractivity (Wildman–Crippen MR) is 153 cm³/mol. The van der Waals surface area contributed by atoms with E-state index in [4.69, 9.17) is 5.73 Å². The fourth-order valence-electron chi connectivity index (χ4n) is 4.60. The molecular weight excluding hydrogens is 494 g/mol. The predicted octanol–water partition coefficient (Wildman–Crippen LogP) is 4.56. The van der Waals surface area contributed by atoms with Gasteiger partial charge in [0.15, 0.2) is 0 Å². The number of primary amides is 1. The zero-order valence-electron chi connectivity index (χ0n) is 23.8. The summed E-state index contributed by atoms with van der Waals surface area (Å²) in [5.74, 6) is -3.13. The van der Waals surface area contributed by atoms with Crippen molar-refractivity contribution in [1.29, 1.82) is 0 Å². The first-order valence-electron chi connectivity index (χ1n) is 13.6. The number of likely N-dealkylation sites (N-methyl/N-ethyl adjacent to an activating group) is 1. The molecule has 0 heterocycles. The molecule has 0 unspecified atom stereocenters. The number of rotatable bonds is 14. The molecule has 0 aliphatic carbocycles. The zero-order chi connectivity index (χ0) is 29.2. The second-order valence-corrected chi connectivity index (χ2v) is 11.2. The van der Waals surface area contributed by atoms with Gasteiger partial charge in [0.25, 0.3) is 0 Å². The molecule has 8 heteroatoms. The molecule has 0 fully saturated rings. The van der Waals surface area contributed by atoms with Gasteiger partial charge in [-0.2, -0.15) is 0 Å². The summed E-state index contributed by atoms with van der Waals surface area (Å²) in [5, 5.41) is 15.3. The van der Waals surface area contributed by atoms with E-state index in [0.29, 0.717) is 24.8 Å². The van der Waals surface area contributed by atoms with Crippen molar-refractivity contribution in [3.8, 4) is 11.1 Å². The van der Waals surface area contributed by atoms with E-state index < -0.39 is 35.2 Å². The molecule has 0 saturated carbocycles. The Bertz CT molecular complexity index is 1120. The molecule has 2 aromatic carbocycles. The van der Waals surface area contributed by atoms with Crippen molar-refractivity contribution < 1.29 is 24.3 Å². The van der Waals surface area contributed by atoms with Crippen LogP contribution in [0.2, 0.25) is 0 Å². The minimum Gasteiger partial charge on any atom is -0.481 e. The lowest BCUT2D eigenvalue weighted by atomic mass is 9.83. The standard InChI is InChI=1S/C31H43N3O5/c1-6-7-8-25(30(38)39)19-24(28(36)34-26(29(37)33-5)31(2,3)4)14-11-20-9-12-21(13-10-20)22-15-17-23(18-16-22)27(32)35/h9-10,12-13,15-18,24-26H,6-8,11,14,19H2,1-5H3,(H2,32,35)(H,33,37)(H,34,36)(H,38,39)/t24-,25+,26-/m1/s1. The van der Waals surface area contributed by atoms with Gasteiger partial charge in [-0.25, -0.2) is 0 Å². The number of carboxylic acids is 1. The molecular formula is C31H43N3O5. The van der Waals surface area contributed by atoms with Crippen molar-refractivity contribution in [3.05, 3.63) is 59.7 Å². The summed E-state index contributed by atoms with van der Waals surface area (Å²) in [6, 6.07) is 14.3. The van der Waals surface area contributed by atoms with Gasteiger partial charge in [0.05, 0.1) is 5.92 Å². The Morgan fingerprint density at radius 1 is 0.872 bits per heavy atom. The molecule has 2 aromatic rings. The highest BCUT2D eigenvalue weighted by Gasteiger charge is 2.35. The number of amides is 3. The Hall–Kier alpha value is -3.68. The van der Waals surface area contributed by atoms with Crippen molar-refractivity contribution in [2.45, 2.75) is 72.3 Å². The van der Waals surface area contributed by atoms with Gasteiger partial charge in [-0.15, -0.1) is 0 Å². The van der Waals surface area contributed by atoms with Crippen LogP contribution in [-0.4, -0.2) is 41.9 Å². The summed E-state index contributed by atoms with van der Waals surface area (Å²) in [7, 11) is 1.53. The molecule has 0 spiro atoms. The Labute approximate surface area is 231 Å². The number of hydrogen-bond acceptors (Lipinski definition) is 4. The van der Waals surface area contributed by atoms with Gasteiger partial charge in [-0.1, -0.05) is 76.9 Å². The Kier molecular flexibility index (Phi) is 11.7. The smallest absolute Gasteiger partial charge is 0.306 e. The molecule has 39 heavy (non-hydrogen) atoms. The molecule has 212 valence electrons. The van der Waals surface area contributed by atoms with Crippen LogP contribution in [0.4, 0.5) is 0 Å².